The minimum Gasteiger partial charge on any atom is -0.508 e. The lowest BCUT2D eigenvalue weighted by atomic mass is 10.2. The van der Waals surface area contributed by atoms with Crippen molar-refractivity contribution >= 4 is 28.9 Å². The molecule has 23 heavy (non-hydrogen) atoms. The summed E-state index contributed by atoms with van der Waals surface area (Å²) in [5.74, 6) is -3.66. The van der Waals surface area contributed by atoms with Crippen molar-refractivity contribution in [2.45, 2.75) is 0 Å². The Morgan fingerprint density at radius 3 is 2.43 bits per heavy atom. The van der Waals surface area contributed by atoms with Gasteiger partial charge in [0.2, 0.25) is 0 Å². The fourth-order valence-electron chi connectivity index (χ4n) is 1.61. The van der Waals surface area contributed by atoms with Crippen LogP contribution in [0.1, 0.15) is 10.4 Å². The van der Waals surface area contributed by atoms with E-state index in [4.69, 9.17) is 12.2 Å². The first-order valence-electron chi connectivity index (χ1n) is 6.17. The van der Waals surface area contributed by atoms with E-state index in [9.17, 15) is 23.1 Å². The molecule has 2 aromatic rings. The number of thiocarbonyl (C=S) groups is 1. The van der Waals surface area contributed by atoms with E-state index in [1.54, 1.807) is 0 Å². The van der Waals surface area contributed by atoms with E-state index in [-0.39, 0.29) is 16.5 Å². The van der Waals surface area contributed by atoms with Gasteiger partial charge in [-0.2, -0.15) is 0 Å². The highest BCUT2D eigenvalue weighted by Crippen LogP contribution is 2.15. The van der Waals surface area contributed by atoms with Crippen molar-refractivity contribution < 1.29 is 23.1 Å². The molecule has 0 radical (unpaired) electrons. The molecule has 0 bridgehead atoms. The number of carbonyl (C=O) groups is 1. The number of aromatic hydroxyl groups is 1. The Bertz CT molecular complexity index is 771. The molecular formula is C14H10F3N3O2S. The van der Waals surface area contributed by atoms with Crippen molar-refractivity contribution in [1.29, 1.82) is 0 Å². The fourth-order valence-corrected chi connectivity index (χ4v) is 1.77. The number of rotatable bonds is 2. The minimum absolute atomic E-state index is 0.110. The lowest BCUT2D eigenvalue weighted by Gasteiger charge is -2.12. The number of carbonyl (C=O) groups excluding carboxylic acids is 1. The van der Waals surface area contributed by atoms with Gasteiger partial charge < -0.3 is 10.4 Å². The van der Waals surface area contributed by atoms with E-state index in [2.05, 4.69) is 16.2 Å². The maximum Gasteiger partial charge on any atom is 0.272 e. The molecule has 2 rings (SSSR count). The molecule has 5 nitrogen and oxygen atoms in total. The first kappa shape index (κ1) is 16.6. The number of hydrazine groups is 1. The van der Waals surface area contributed by atoms with E-state index in [1.165, 1.54) is 0 Å². The zero-order valence-corrected chi connectivity index (χ0v) is 12.2. The SMILES string of the molecule is O=C(NNC(=S)Nc1ccc(F)cc1F)c1cc(O)ccc1F. The molecule has 2 aromatic carbocycles. The number of benzene rings is 2. The number of nitrogens with one attached hydrogen (secondary N) is 3. The first-order valence-corrected chi connectivity index (χ1v) is 6.58. The van der Waals surface area contributed by atoms with Gasteiger partial charge in [0, 0.05) is 6.07 Å². The Balaban J connectivity index is 1.96. The molecule has 0 saturated carbocycles. The normalized spacial score (nSPS) is 10.0. The Labute approximate surface area is 134 Å². The molecule has 0 atom stereocenters. The van der Waals surface area contributed by atoms with Crippen LogP contribution >= 0.6 is 12.2 Å². The lowest BCUT2D eigenvalue weighted by molar-refractivity contribution is 0.0939. The highest BCUT2D eigenvalue weighted by Gasteiger charge is 2.13. The summed E-state index contributed by atoms with van der Waals surface area (Å²) in [6.45, 7) is 0. The summed E-state index contributed by atoms with van der Waals surface area (Å²) in [5, 5.41) is 11.4. The number of phenols is 1. The van der Waals surface area contributed by atoms with Crippen LogP contribution < -0.4 is 16.2 Å². The molecule has 1 amide bonds. The predicted octanol–water partition coefficient (Wildman–Crippen LogP) is 2.44. The monoisotopic (exact) mass is 341 g/mol. The smallest absolute Gasteiger partial charge is 0.272 e. The fraction of sp³-hybridized carbons (Fsp3) is 0. The Morgan fingerprint density at radius 1 is 1.00 bits per heavy atom. The van der Waals surface area contributed by atoms with Gasteiger partial charge in [0.1, 0.15) is 23.2 Å². The quantitative estimate of drug-likeness (QED) is 0.499. The van der Waals surface area contributed by atoms with E-state index in [1.807, 2.05) is 0 Å². The molecule has 0 fully saturated rings. The summed E-state index contributed by atoms with van der Waals surface area (Å²) in [6.07, 6.45) is 0. The predicted molar refractivity (Wildman–Crippen MR) is 81.2 cm³/mol. The van der Waals surface area contributed by atoms with Crippen LogP contribution in [-0.4, -0.2) is 16.1 Å². The van der Waals surface area contributed by atoms with Crippen molar-refractivity contribution in [3.05, 3.63) is 59.4 Å². The summed E-state index contributed by atoms with van der Waals surface area (Å²) >= 11 is 4.81. The van der Waals surface area contributed by atoms with Crippen molar-refractivity contribution in [3.8, 4) is 5.75 Å². The van der Waals surface area contributed by atoms with Gasteiger partial charge in [-0.1, -0.05) is 0 Å². The van der Waals surface area contributed by atoms with E-state index < -0.39 is 28.9 Å². The molecule has 0 heterocycles. The summed E-state index contributed by atoms with van der Waals surface area (Å²) < 4.78 is 39.6. The van der Waals surface area contributed by atoms with Gasteiger partial charge in [0.15, 0.2) is 5.11 Å². The molecule has 9 heteroatoms. The van der Waals surface area contributed by atoms with Crippen LogP contribution in [-0.2, 0) is 0 Å². The standard InChI is InChI=1S/C14H10F3N3O2S/c15-7-1-4-12(11(17)5-7)18-14(23)20-19-13(22)9-6-8(21)2-3-10(9)16/h1-6,21H,(H,19,22)(H2,18,20,23). The first-order chi connectivity index (χ1) is 10.9. The van der Waals surface area contributed by atoms with Crippen LogP contribution in [0.5, 0.6) is 5.75 Å². The average molecular weight is 341 g/mol. The van der Waals surface area contributed by atoms with Gasteiger partial charge in [0.25, 0.3) is 5.91 Å². The third-order valence-corrected chi connectivity index (χ3v) is 2.87. The molecule has 0 aliphatic rings. The molecule has 0 unspecified atom stereocenters. The van der Waals surface area contributed by atoms with Gasteiger partial charge in [-0.15, -0.1) is 0 Å². The average Bonchev–Trinajstić information content (AvgIpc) is 2.50. The number of halogens is 3. The number of amides is 1. The van der Waals surface area contributed by atoms with Crippen LogP contribution in [0.3, 0.4) is 0 Å². The largest absolute Gasteiger partial charge is 0.508 e. The maximum atomic E-state index is 13.4. The van der Waals surface area contributed by atoms with E-state index in [0.29, 0.717) is 6.07 Å². The van der Waals surface area contributed by atoms with Crippen LogP contribution in [0, 0.1) is 17.5 Å². The van der Waals surface area contributed by atoms with Gasteiger partial charge in [-0.25, -0.2) is 13.2 Å². The van der Waals surface area contributed by atoms with Gasteiger partial charge in [0.05, 0.1) is 11.3 Å². The van der Waals surface area contributed by atoms with Crippen LogP contribution in [0.25, 0.3) is 0 Å². The summed E-state index contributed by atoms with van der Waals surface area (Å²) in [6, 6.07) is 5.75. The molecule has 0 aromatic heterocycles. The molecule has 0 spiro atoms. The zero-order valence-electron chi connectivity index (χ0n) is 11.4. The topological polar surface area (TPSA) is 73.4 Å². The zero-order chi connectivity index (χ0) is 17.0. The number of hydrogen-bond acceptors (Lipinski definition) is 3. The lowest BCUT2D eigenvalue weighted by Crippen LogP contribution is -2.44. The molecular weight excluding hydrogens is 331 g/mol. The third kappa shape index (κ3) is 4.33. The number of anilines is 1. The Kier molecular flexibility index (Phi) is 5.02. The van der Waals surface area contributed by atoms with E-state index >= 15 is 0 Å². The second-order valence-corrected chi connectivity index (χ2v) is 4.73. The van der Waals surface area contributed by atoms with Crippen LogP contribution in [0.15, 0.2) is 36.4 Å². The van der Waals surface area contributed by atoms with Gasteiger partial charge >= 0.3 is 0 Å². The van der Waals surface area contributed by atoms with Gasteiger partial charge in [-0.3, -0.25) is 15.6 Å². The summed E-state index contributed by atoms with van der Waals surface area (Å²) in [7, 11) is 0. The maximum absolute atomic E-state index is 13.4. The molecule has 0 aliphatic heterocycles. The highest BCUT2D eigenvalue weighted by molar-refractivity contribution is 7.80. The second kappa shape index (κ2) is 6.97. The van der Waals surface area contributed by atoms with Gasteiger partial charge in [-0.05, 0) is 42.5 Å². The van der Waals surface area contributed by atoms with Crippen molar-refractivity contribution in [2.75, 3.05) is 5.32 Å². The van der Waals surface area contributed by atoms with E-state index in [0.717, 1.165) is 30.3 Å². The Hall–Kier alpha value is -2.81. The molecule has 4 N–H and O–H groups in total. The molecule has 120 valence electrons. The minimum atomic E-state index is -0.901. The molecule has 0 saturated heterocycles. The highest BCUT2D eigenvalue weighted by atomic mass is 32.1. The van der Waals surface area contributed by atoms with Crippen LogP contribution in [0.4, 0.5) is 18.9 Å². The van der Waals surface area contributed by atoms with Crippen molar-refractivity contribution in [3.63, 3.8) is 0 Å². The van der Waals surface area contributed by atoms with Crippen molar-refractivity contribution in [1.82, 2.24) is 10.9 Å². The summed E-state index contributed by atoms with van der Waals surface area (Å²) in [4.78, 5) is 11.8. The van der Waals surface area contributed by atoms with Crippen LogP contribution in [0.2, 0.25) is 0 Å². The third-order valence-electron chi connectivity index (χ3n) is 2.66. The Morgan fingerprint density at radius 2 is 1.74 bits per heavy atom. The summed E-state index contributed by atoms with van der Waals surface area (Å²) in [5.41, 5.74) is 3.79. The second-order valence-electron chi connectivity index (χ2n) is 4.32. The number of phenolic OH excluding ortho intramolecular Hbond substituents is 1. The number of hydrogen-bond donors (Lipinski definition) is 4. The molecule has 0 aliphatic carbocycles. The van der Waals surface area contributed by atoms with Crippen molar-refractivity contribution in [2.24, 2.45) is 0 Å².